The molecule has 0 aromatic heterocycles. The van der Waals surface area contributed by atoms with E-state index in [2.05, 4.69) is 0 Å². The van der Waals surface area contributed by atoms with Gasteiger partial charge in [-0.1, -0.05) is 0 Å². The summed E-state index contributed by atoms with van der Waals surface area (Å²) in [5.74, 6) is 0. The van der Waals surface area contributed by atoms with Crippen LogP contribution in [0.1, 0.15) is 16.4 Å². The van der Waals surface area contributed by atoms with Crippen LogP contribution in [0.4, 0.5) is 0 Å². The molecule has 0 bridgehead atoms. The summed E-state index contributed by atoms with van der Waals surface area (Å²) in [6.07, 6.45) is 0. The van der Waals surface area contributed by atoms with Crippen LogP contribution in [0.5, 0.6) is 0 Å². The van der Waals surface area contributed by atoms with Crippen molar-refractivity contribution >= 4 is 41.8 Å². The molecule has 0 heterocycles. The van der Waals surface area contributed by atoms with Crippen molar-refractivity contribution in [2.45, 2.75) is 10.9 Å². The zero-order valence-corrected chi connectivity index (χ0v) is 11.7. The van der Waals surface area contributed by atoms with Gasteiger partial charge in [-0.15, -0.1) is 0 Å². The van der Waals surface area contributed by atoms with Crippen molar-refractivity contribution < 1.29 is 0 Å². The standard InChI is InChI=1S/C8H9.3ClH.Sn/c1-2-8-6-4-3-5-7-8;;;;/h2-7H,1H3;3*1H;/q;;;;+3/p-3. The van der Waals surface area contributed by atoms with E-state index in [1.807, 2.05) is 37.3 Å². The number of hydrogen-bond donors (Lipinski definition) is 0. The molecule has 0 saturated carbocycles. The third kappa shape index (κ3) is 2.98. The summed E-state index contributed by atoms with van der Waals surface area (Å²) in [6, 6.07) is 9.90. The Kier molecular flexibility index (Phi) is 4.03. The first kappa shape index (κ1) is 11.0. The average molecular weight is 330 g/mol. The molecule has 12 heavy (non-hydrogen) atoms. The van der Waals surface area contributed by atoms with Gasteiger partial charge < -0.3 is 0 Å². The van der Waals surface area contributed by atoms with Crippen molar-refractivity contribution in [1.82, 2.24) is 0 Å². The molecule has 0 spiro atoms. The molecule has 1 atom stereocenters. The van der Waals surface area contributed by atoms with Crippen LogP contribution in [0.25, 0.3) is 0 Å². The number of benzene rings is 1. The fourth-order valence-electron chi connectivity index (χ4n) is 0.931. The Morgan fingerprint density at radius 2 is 1.58 bits per heavy atom. The molecule has 0 nitrogen and oxygen atoms in total. The molecule has 0 aliphatic carbocycles. The Hall–Kier alpha value is 0.889. The van der Waals surface area contributed by atoms with Crippen LogP contribution in [0.3, 0.4) is 0 Å². The van der Waals surface area contributed by atoms with E-state index in [4.69, 9.17) is 26.8 Å². The average Bonchev–Trinajstić information content (AvgIpc) is 2.03. The van der Waals surface area contributed by atoms with Crippen LogP contribution in [-0.4, -0.2) is 15.0 Å². The second kappa shape index (κ2) is 4.40. The van der Waals surface area contributed by atoms with Crippen molar-refractivity contribution in [3.05, 3.63) is 35.9 Å². The summed E-state index contributed by atoms with van der Waals surface area (Å²) >= 11 is -3.28. The van der Waals surface area contributed by atoms with E-state index in [0.29, 0.717) is 0 Å². The van der Waals surface area contributed by atoms with Crippen molar-refractivity contribution in [2.75, 3.05) is 0 Å². The predicted octanol–water partition coefficient (Wildman–Crippen LogP) is 3.98. The molecule has 1 rings (SSSR count). The fourth-order valence-corrected chi connectivity index (χ4v) is 5.09. The van der Waals surface area contributed by atoms with Crippen LogP contribution >= 0.6 is 26.8 Å². The quantitative estimate of drug-likeness (QED) is 0.720. The van der Waals surface area contributed by atoms with E-state index in [1.54, 1.807) is 0 Å². The van der Waals surface area contributed by atoms with Crippen LogP contribution < -0.4 is 0 Å². The first-order chi connectivity index (χ1) is 5.52. The van der Waals surface area contributed by atoms with Crippen LogP contribution in [0.15, 0.2) is 30.3 Å². The summed E-state index contributed by atoms with van der Waals surface area (Å²) in [7, 11) is 17.9. The Morgan fingerprint density at radius 1 is 1.08 bits per heavy atom. The molecule has 0 aliphatic rings. The molecule has 1 unspecified atom stereocenters. The monoisotopic (exact) mass is 330 g/mol. The molecule has 0 amide bonds. The molecule has 0 aliphatic heterocycles. The summed E-state index contributed by atoms with van der Waals surface area (Å²) in [5, 5.41) is 0. The molecule has 4 heteroatoms. The molecule has 0 N–H and O–H groups in total. The van der Waals surface area contributed by atoms with Crippen LogP contribution in [0, 0.1) is 0 Å². The van der Waals surface area contributed by atoms with Crippen LogP contribution in [-0.2, 0) is 0 Å². The SMILES string of the molecule is C[CH](c1ccccc1)[Sn]([Cl])([Cl])[Cl]. The minimum atomic E-state index is -3.28. The molecular formula is C8H9Cl3Sn. The molecule has 66 valence electrons. The molecule has 0 radical (unpaired) electrons. The van der Waals surface area contributed by atoms with Crippen LogP contribution in [0.2, 0.25) is 0 Å². The van der Waals surface area contributed by atoms with Crippen molar-refractivity contribution in [1.29, 1.82) is 0 Å². The van der Waals surface area contributed by atoms with Crippen molar-refractivity contribution in [2.24, 2.45) is 0 Å². The van der Waals surface area contributed by atoms with Gasteiger partial charge in [0.1, 0.15) is 0 Å². The Morgan fingerprint density at radius 3 is 2.00 bits per heavy atom. The van der Waals surface area contributed by atoms with Gasteiger partial charge in [0.2, 0.25) is 0 Å². The van der Waals surface area contributed by atoms with Gasteiger partial charge in [0, 0.05) is 0 Å². The van der Waals surface area contributed by atoms with Gasteiger partial charge in [-0.2, -0.15) is 0 Å². The van der Waals surface area contributed by atoms with E-state index >= 15 is 0 Å². The first-order valence-corrected chi connectivity index (χ1v) is 16.1. The molecule has 0 fully saturated rings. The normalized spacial score (nSPS) is 14.3. The zero-order chi connectivity index (χ0) is 9.19. The topological polar surface area (TPSA) is 0 Å². The van der Waals surface area contributed by atoms with E-state index in [0.717, 1.165) is 5.56 Å². The van der Waals surface area contributed by atoms with E-state index < -0.39 is 15.0 Å². The summed E-state index contributed by atoms with van der Waals surface area (Å²) in [4.78, 5) is 0. The Bertz CT molecular complexity index is 242. The second-order valence-electron chi connectivity index (χ2n) is 2.67. The summed E-state index contributed by atoms with van der Waals surface area (Å²) < 4.78 is 0.130. The number of halogens is 3. The predicted molar refractivity (Wildman–Crippen MR) is 58.2 cm³/mol. The van der Waals surface area contributed by atoms with E-state index in [1.165, 1.54) is 0 Å². The molecular weight excluding hydrogens is 321 g/mol. The van der Waals surface area contributed by atoms with Crippen molar-refractivity contribution in [3.63, 3.8) is 0 Å². The van der Waals surface area contributed by atoms with Gasteiger partial charge >= 0.3 is 88.5 Å². The van der Waals surface area contributed by atoms with E-state index in [9.17, 15) is 0 Å². The fraction of sp³-hybridized carbons (Fsp3) is 0.250. The zero-order valence-electron chi connectivity index (χ0n) is 6.60. The van der Waals surface area contributed by atoms with Gasteiger partial charge in [-0.25, -0.2) is 0 Å². The maximum absolute atomic E-state index is 5.96. The molecule has 0 saturated heterocycles. The Labute approximate surface area is 87.8 Å². The number of rotatable bonds is 2. The Balaban J connectivity index is 2.86. The van der Waals surface area contributed by atoms with Gasteiger partial charge in [0.15, 0.2) is 0 Å². The van der Waals surface area contributed by atoms with Gasteiger partial charge in [-0.3, -0.25) is 0 Å². The maximum atomic E-state index is 5.96. The minimum absolute atomic E-state index is 0.130. The van der Waals surface area contributed by atoms with Gasteiger partial charge in [0.25, 0.3) is 0 Å². The number of hydrogen-bond acceptors (Lipinski definition) is 0. The molecule has 1 aromatic rings. The summed E-state index contributed by atoms with van der Waals surface area (Å²) in [6.45, 7) is 1.98. The molecule has 1 aromatic carbocycles. The van der Waals surface area contributed by atoms with Gasteiger partial charge in [0.05, 0.1) is 0 Å². The third-order valence-electron chi connectivity index (χ3n) is 1.79. The third-order valence-corrected chi connectivity index (χ3v) is 12.1. The summed E-state index contributed by atoms with van der Waals surface area (Å²) in [5.41, 5.74) is 1.13. The first-order valence-electron chi connectivity index (χ1n) is 3.63. The van der Waals surface area contributed by atoms with E-state index in [-0.39, 0.29) is 3.93 Å². The van der Waals surface area contributed by atoms with Crippen molar-refractivity contribution in [3.8, 4) is 0 Å². The van der Waals surface area contributed by atoms with Gasteiger partial charge in [-0.05, 0) is 0 Å². The second-order valence-corrected chi connectivity index (χ2v) is 24.1.